The lowest BCUT2D eigenvalue weighted by Crippen LogP contribution is -2.12. The molecule has 0 saturated heterocycles. The van der Waals surface area contributed by atoms with Crippen LogP contribution in [0.15, 0.2) is 24.3 Å². The molecule has 0 N–H and O–H groups in total. The lowest BCUT2D eigenvalue weighted by Gasteiger charge is -2.17. The molecule has 19 heavy (non-hydrogen) atoms. The Bertz CT molecular complexity index is 550. The fraction of sp³-hybridized carbons (Fsp3) is 0.467. The smallest absolute Gasteiger partial charge is 0.181 e. The number of nitrogens with zero attached hydrogens (tertiary/aromatic N) is 3. The lowest BCUT2D eigenvalue weighted by atomic mass is 9.92. The third-order valence-electron chi connectivity index (χ3n) is 3.03. The van der Waals surface area contributed by atoms with E-state index in [2.05, 4.69) is 30.9 Å². The Morgan fingerprint density at radius 2 is 1.79 bits per heavy atom. The van der Waals surface area contributed by atoms with E-state index >= 15 is 0 Å². The van der Waals surface area contributed by atoms with Crippen molar-refractivity contribution < 1.29 is 0 Å². The molecule has 102 valence electrons. The number of benzene rings is 1. The molecule has 0 radical (unpaired) electrons. The fourth-order valence-electron chi connectivity index (χ4n) is 1.79. The molecule has 0 amide bonds. The Morgan fingerprint density at radius 3 is 2.37 bits per heavy atom. The molecule has 1 aromatic heterocycles. The summed E-state index contributed by atoms with van der Waals surface area (Å²) in [6.07, 6.45) is 1.08. The molecule has 0 atom stereocenters. The number of hydrogen-bond donors (Lipinski definition) is 0. The Labute approximate surface area is 119 Å². The summed E-state index contributed by atoms with van der Waals surface area (Å²) in [6, 6.07) is 7.63. The highest BCUT2D eigenvalue weighted by Gasteiger charge is 2.13. The van der Waals surface area contributed by atoms with E-state index in [9.17, 15) is 0 Å². The van der Waals surface area contributed by atoms with Gasteiger partial charge >= 0.3 is 0 Å². The first-order chi connectivity index (χ1) is 8.85. The molecular weight excluding hydrogens is 258 g/mol. The van der Waals surface area contributed by atoms with Crippen LogP contribution in [0.1, 0.15) is 33.0 Å². The minimum absolute atomic E-state index is 0.304. The van der Waals surface area contributed by atoms with Crippen molar-refractivity contribution in [2.24, 2.45) is 5.41 Å². The second-order valence-corrected chi connectivity index (χ2v) is 6.46. The van der Waals surface area contributed by atoms with Gasteiger partial charge in [-0.2, -0.15) is 5.10 Å². The predicted octanol–water partition coefficient (Wildman–Crippen LogP) is 4.34. The summed E-state index contributed by atoms with van der Waals surface area (Å²) in [6.45, 7) is 9.60. The van der Waals surface area contributed by atoms with Gasteiger partial charge in [-0.1, -0.05) is 32.4 Å². The summed E-state index contributed by atoms with van der Waals surface area (Å²) in [5.74, 6) is 1.72. The maximum absolute atomic E-state index is 5.89. The van der Waals surface area contributed by atoms with Crippen molar-refractivity contribution in [2.45, 2.75) is 40.7 Å². The quantitative estimate of drug-likeness (QED) is 0.835. The first kappa shape index (κ1) is 14.1. The zero-order valence-electron chi connectivity index (χ0n) is 11.9. The van der Waals surface area contributed by atoms with Gasteiger partial charge in [0.25, 0.3) is 0 Å². The van der Waals surface area contributed by atoms with E-state index in [-0.39, 0.29) is 0 Å². The second-order valence-electron chi connectivity index (χ2n) is 6.02. The predicted molar refractivity (Wildman–Crippen MR) is 79.3 cm³/mol. The van der Waals surface area contributed by atoms with Crippen LogP contribution >= 0.6 is 11.6 Å². The van der Waals surface area contributed by atoms with Crippen molar-refractivity contribution >= 4 is 11.6 Å². The van der Waals surface area contributed by atoms with Crippen LogP contribution in [0.4, 0.5) is 0 Å². The van der Waals surface area contributed by atoms with E-state index in [1.54, 1.807) is 0 Å². The van der Waals surface area contributed by atoms with E-state index < -0.39 is 0 Å². The summed E-state index contributed by atoms with van der Waals surface area (Å²) >= 11 is 5.89. The molecule has 1 aromatic carbocycles. The lowest BCUT2D eigenvalue weighted by molar-refractivity contribution is 0.339. The van der Waals surface area contributed by atoms with Crippen molar-refractivity contribution in [3.8, 4) is 11.4 Å². The molecule has 0 aliphatic rings. The van der Waals surface area contributed by atoms with Gasteiger partial charge in [0.2, 0.25) is 0 Å². The molecule has 0 aliphatic heterocycles. The second kappa shape index (κ2) is 5.33. The van der Waals surface area contributed by atoms with Gasteiger partial charge in [0.1, 0.15) is 5.82 Å². The topological polar surface area (TPSA) is 30.7 Å². The molecule has 4 heteroatoms. The van der Waals surface area contributed by atoms with Crippen molar-refractivity contribution in [1.29, 1.82) is 0 Å². The molecule has 0 spiro atoms. The molecule has 2 aromatic rings. The van der Waals surface area contributed by atoms with Crippen LogP contribution in [0.5, 0.6) is 0 Å². The minimum Gasteiger partial charge on any atom is -0.250 e. The van der Waals surface area contributed by atoms with Crippen LogP contribution in [0.25, 0.3) is 11.4 Å². The minimum atomic E-state index is 0.304. The van der Waals surface area contributed by atoms with E-state index in [1.165, 1.54) is 0 Å². The molecule has 3 nitrogen and oxygen atoms in total. The van der Waals surface area contributed by atoms with Gasteiger partial charge in [-0.25, -0.2) is 9.67 Å². The molecule has 2 rings (SSSR count). The van der Waals surface area contributed by atoms with Crippen LogP contribution < -0.4 is 0 Å². The Balaban J connectivity index is 2.19. The van der Waals surface area contributed by atoms with Crippen LogP contribution in [-0.2, 0) is 6.54 Å². The van der Waals surface area contributed by atoms with Gasteiger partial charge in [-0.05, 0) is 43.0 Å². The normalized spacial score (nSPS) is 11.8. The zero-order chi connectivity index (χ0) is 14.0. The van der Waals surface area contributed by atoms with E-state index in [0.717, 1.165) is 35.2 Å². The number of rotatable bonds is 3. The van der Waals surface area contributed by atoms with Gasteiger partial charge in [0.15, 0.2) is 5.82 Å². The number of halogens is 1. The Morgan fingerprint density at radius 1 is 1.16 bits per heavy atom. The summed E-state index contributed by atoms with van der Waals surface area (Å²) in [7, 11) is 0. The van der Waals surface area contributed by atoms with Crippen molar-refractivity contribution in [3.05, 3.63) is 35.1 Å². The maximum atomic E-state index is 5.89. The van der Waals surface area contributed by atoms with Crippen molar-refractivity contribution in [1.82, 2.24) is 14.8 Å². The van der Waals surface area contributed by atoms with Crippen molar-refractivity contribution in [2.75, 3.05) is 0 Å². The largest absolute Gasteiger partial charge is 0.250 e. The van der Waals surface area contributed by atoms with Gasteiger partial charge in [0.05, 0.1) is 0 Å². The van der Waals surface area contributed by atoms with Crippen molar-refractivity contribution in [3.63, 3.8) is 0 Å². The molecular formula is C15H20ClN3. The number of hydrogen-bond acceptors (Lipinski definition) is 2. The van der Waals surface area contributed by atoms with Gasteiger partial charge in [-0.15, -0.1) is 0 Å². The molecule has 0 fully saturated rings. The number of aromatic nitrogens is 3. The van der Waals surface area contributed by atoms with E-state index in [1.807, 2.05) is 35.9 Å². The SMILES string of the molecule is Cc1nc(-c2ccc(Cl)cc2)nn1CCC(C)(C)C. The summed E-state index contributed by atoms with van der Waals surface area (Å²) in [4.78, 5) is 4.52. The first-order valence-corrected chi connectivity index (χ1v) is 6.90. The third kappa shape index (κ3) is 3.80. The summed E-state index contributed by atoms with van der Waals surface area (Å²) < 4.78 is 1.98. The highest BCUT2D eigenvalue weighted by atomic mass is 35.5. The third-order valence-corrected chi connectivity index (χ3v) is 3.28. The van der Waals surface area contributed by atoms with Crippen LogP contribution in [-0.4, -0.2) is 14.8 Å². The van der Waals surface area contributed by atoms with E-state index in [0.29, 0.717) is 5.41 Å². The number of aryl methyl sites for hydroxylation is 2. The van der Waals surface area contributed by atoms with Crippen LogP contribution in [0.2, 0.25) is 5.02 Å². The van der Waals surface area contributed by atoms with Crippen LogP contribution in [0, 0.1) is 12.3 Å². The molecule has 1 heterocycles. The van der Waals surface area contributed by atoms with Gasteiger partial charge < -0.3 is 0 Å². The standard InChI is InChI=1S/C15H20ClN3/c1-11-17-14(12-5-7-13(16)8-6-12)18-19(11)10-9-15(2,3)4/h5-8H,9-10H2,1-4H3. The highest BCUT2D eigenvalue weighted by Crippen LogP contribution is 2.21. The first-order valence-electron chi connectivity index (χ1n) is 6.52. The Kier molecular flexibility index (Phi) is 3.95. The molecule has 0 unspecified atom stereocenters. The average Bonchev–Trinajstić information content (AvgIpc) is 2.68. The monoisotopic (exact) mass is 277 g/mol. The maximum Gasteiger partial charge on any atom is 0.181 e. The van der Waals surface area contributed by atoms with Gasteiger partial charge in [0, 0.05) is 17.1 Å². The van der Waals surface area contributed by atoms with Crippen LogP contribution in [0.3, 0.4) is 0 Å². The molecule has 0 bridgehead atoms. The van der Waals surface area contributed by atoms with E-state index in [4.69, 9.17) is 11.6 Å². The summed E-state index contributed by atoms with van der Waals surface area (Å²) in [5, 5.41) is 5.30. The molecule has 0 saturated carbocycles. The molecule has 0 aliphatic carbocycles. The summed E-state index contributed by atoms with van der Waals surface area (Å²) in [5.41, 5.74) is 1.31. The Hall–Kier alpha value is -1.35. The van der Waals surface area contributed by atoms with Gasteiger partial charge in [-0.3, -0.25) is 0 Å². The average molecular weight is 278 g/mol. The fourth-order valence-corrected chi connectivity index (χ4v) is 1.92. The zero-order valence-corrected chi connectivity index (χ0v) is 12.7. The highest BCUT2D eigenvalue weighted by molar-refractivity contribution is 6.30.